The molecule has 0 radical (unpaired) electrons. The van der Waals surface area contributed by atoms with Crippen LogP contribution in [0.1, 0.15) is 24.1 Å². The lowest BCUT2D eigenvalue weighted by Gasteiger charge is -2.33. The summed E-state index contributed by atoms with van der Waals surface area (Å²) in [5.41, 5.74) is 2.95. The number of aromatic nitrogens is 2. The third-order valence-electron chi connectivity index (χ3n) is 5.60. The monoisotopic (exact) mass is 379 g/mol. The van der Waals surface area contributed by atoms with Gasteiger partial charge in [0.1, 0.15) is 5.82 Å². The minimum absolute atomic E-state index is 0.221. The summed E-state index contributed by atoms with van der Waals surface area (Å²) in [6.45, 7) is 5.50. The first-order valence-corrected chi connectivity index (χ1v) is 9.88. The number of aromatic hydroxyl groups is 1. The van der Waals surface area contributed by atoms with Gasteiger partial charge >= 0.3 is 0 Å². The molecule has 3 aromatic rings. The SMILES string of the molecule is Cc1cnc(-c2ccccc2)n1CC1CCCN(Cc2cccc(F)c2O)C1. The first kappa shape index (κ1) is 18.7. The van der Waals surface area contributed by atoms with Crippen LogP contribution in [0.25, 0.3) is 11.4 Å². The highest BCUT2D eigenvalue weighted by Gasteiger charge is 2.23. The topological polar surface area (TPSA) is 41.3 Å². The van der Waals surface area contributed by atoms with E-state index >= 15 is 0 Å². The van der Waals surface area contributed by atoms with Gasteiger partial charge in [-0.1, -0.05) is 42.5 Å². The summed E-state index contributed by atoms with van der Waals surface area (Å²) in [5.74, 6) is 0.742. The number of benzene rings is 2. The Morgan fingerprint density at radius 2 is 1.96 bits per heavy atom. The Kier molecular flexibility index (Phi) is 5.44. The van der Waals surface area contributed by atoms with Gasteiger partial charge in [-0.2, -0.15) is 0 Å². The van der Waals surface area contributed by atoms with Gasteiger partial charge in [0.15, 0.2) is 11.6 Å². The Balaban J connectivity index is 1.48. The lowest BCUT2D eigenvalue weighted by Crippen LogP contribution is -2.36. The summed E-state index contributed by atoms with van der Waals surface area (Å²) in [6.07, 6.45) is 4.21. The molecule has 2 aromatic carbocycles. The molecule has 0 saturated carbocycles. The summed E-state index contributed by atoms with van der Waals surface area (Å²) in [4.78, 5) is 6.95. The Morgan fingerprint density at radius 3 is 2.79 bits per heavy atom. The average molecular weight is 379 g/mol. The highest BCUT2D eigenvalue weighted by atomic mass is 19.1. The summed E-state index contributed by atoms with van der Waals surface area (Å²) in [6, 6.07) is 15.0. The van der Waals surface area contributed by atoms with E-state index in [2.05, 4.69) is 33.5 Å². The number of rotatable bonds is 5. The fourth-order valence-electron chi connectivity index (χ4n) is 4.14. The van der Waals surface area contributed by atoms with Gasteiger partial charge < -0.3 is 9.67 Å². The molecule has 0 aliphatic carbocycles. The number of halogens is 1. The molecule has 1 aromatic heterocycles. The molecule has 5 heteroatoms. The van der Waals surface area contributed by atoms with Crippen molar-refractivity contribution in [3.8, 4) is 17.1 Å². The van der Waals surface area contributed by atoms with Crippen LogP contribution in [0.3, 0.4) is 0 Å². The Hall–Kier alpha value is -2.66. The molecule has 28 heavy (non-hydrogen) atoms. The number of nitrogens with zero attached hydrogens (tertiary/aromatic N) is 3. The maximum atomic E-state index is 13.6. The molecule has 1 N–H and O–H groups in total. The van der Waals surface area contributed by atoms with Crippen LogP contribution in [0.4, 0.5) is 4.39 Å². The lowest BCUT2D eigenvalue weighted by molar-refractivity contribution is 0.154. The van der Waals surface area contributed by atoms with Crippen molar-refractivity contribution < 1.29 is 9.50 Å². The van der Waals surface area contributed by atoms with Crippen molar-refractivity contribution in [1.29, 1.82) is 0 Å². The fraction of sp³-hybridized carbons (Fsp3) is 0.348. The van der Waals surface area contributed by atoms with Crippen LogP contribution >= 0.6 is 0 Å². The van der Waals surface area contributed by atoms with E-state index in [4.69, 9.17) is 0 Å². The van der Waals surface area contributed by atoms with Crippen molar-refractivity contribution in [2.45, 2.75) is 32.9 Å². The number of para-hydroxylation sites is 1. The van der Waals surface area contributed by atoms with Crippen molar-refractivity contribution in [1.82, 2.24) is 14.5 Å². The number of likely N-dealkylation sites (tertiary alicyclic amines) is 1. The van der Waals surface area contributed by atoms with Gasteiger partial charge in [0.05, 0.1) is 0 Å². The standard InChI is InChI=1S/C23H26FN3O/c1-17-13-25-23(19-8-3-2-4-9-19)27(17)15-18-7-6-12-26(14-18)16-20-10-5-11-21(24)22(20)28/h2-5,8-11,13,18,28H,6-7,12,14-16H2,1H3. The van der Waals surface area contributed by atoms with E-state index in [9.17, 15) is 9.50 Å². The smallest absolute Gasteiger partial charge is 0.165 e. The summed E-state index contributed by atoms with van der Waals surface area (Å²) in [7, 11) is 0. The number of phenols is 1. The molecule has 0 bridgehead atoms. The number of hydrogen-bond acceptors (Lipinski definition) is 3. The highest BCUT2D eigenvalue weighted by Crippen LogP contribution is 2.27. The normalized spacial score (nSPS) is 17.7. The zero-order valence-corrected chi connectivity index (χ0v) is 16.2. The van der Waals surface area contributed by atoms with Gasteiger partial charge in [-0.05, 0) is 38.3 Å². The molecule has 1 atom stereocenters. The zero-order valence-electron chi connectivity index (χ0n) is 16.2. The first-order valence-electron chi connectivity index (χ1n) is 9.88. The number of aryl methyl sites for hydroxylation is 1. The predicted molar refractivity (Wildman–Crippen MR) is 108 cm³/mol. The van der Waals surface area contributed by atoms with Gasteiger partial charge in [-0.25, -0.2) is 9.37 Å². The first-order chi connectivity index (χ1) is 13.6. The van der Waals surface area contributed by atoms with E-state index in [0.29, 0.717) is 18.0 Å². The number of phenolic OH excluding ortho intramolecular Hbond substituents is 1. The largest absolute Gasteiger partial charge is 0.505 e. The van der Waals surface area contributed by atoms with Crippen LogP contribution in [0.15, 0.2) is 54.7 Å². The molecule has 1 fully saturated rings. The predicted octanol–water partition coefficient (Wildman–Crippen LogP) is 4.62. The molecule has 1 unspecified atom stereocenters. The molecule has 0 spiro atoms. The summed E-state index contributed by atoms with van der Waals surface area (Å²) < 4.78 is 15.9. The molecule has 4 rings (SSSR count). The van der Waals surface area contributed by atoms with Crippen molar-refractivity contribution in [3.63, 3.8) is 0 Å². The van der Waals surface area contributed by atoms with E-state index in [-0.39, 0.29) is 5.75 Å². The van der Waals surface area contributed by atoms with Crippen LogP contribution in [0, 0.1) is 18.7 Å². The van der Waals surface area contributed by atoms with E-state index in [0.717, 1.165) is 43.9 Å². The van der Waals surface area contributed by atoms with Gasteiger partial charge in [0.25, 0.3) is 0 Å². The second-order valence-electron chi connectivity index (χ2n) is 7.69. The van der Waals surface area contributed by atoms with E-state index in [1.807, 2.05) is 24.4 Å². The van der Waals surface area contributed by atoms with Crippen molar-refractivity contribution in [2.75, 3.05) is 13.1 Å². The molecular weight excluding hydrogens is 353 g/mol. The second kappa shape index (κ2) is 8.15. The van der Waals surface area contributed by atoms with Crippen molar-refractivity contribution in [2.24, 2.45) is 5.92 Å². The number of piperidine rings is 1. The Bertz CT molecular complexity index is 938. The van der Waals surface area contributed by atoms with Crippen LogP contribution in [-0.2, 0) is 13.1 Å². The summed E-state index contributed by atoms with van der Waals surface area (Å²) in [5, 5.41) is 9.99. The zero-order chi connectivity index (χ0) is 19.5. The maximum absolute atomic E-state index is 13.6. The molecule has 1 aliphatic rings. The Morgan fingerprint density at radius 1 is 1.14 bits per heavy atom. The van der Waals surface area contributed by atoms with Crippen molar-refractivity contribution in [3.05, 3.63) is 71.8 Å². The number of imidazole rings is 1. The Labute approximate surface area is 165 Å². The van der Waals surface area contributed by atoms with E-state index in [1.165, 1.54) is 11.8 Å². The third kappa shape index (κ3) is 3.94. The quantitative estimate of drug-likeness (QED) is 0.704. The van der Waals surface area contributed by atoms with Crippen LogP contribution in [-0.4, -0.2) is 32.6 Å². The molecular formula is C23H26FN3O. The van der Waals surface area contributed by atoms with Gasteiger partial charge in [0.2, 0.25) is 0 Å². The number of hydrogen-bond donors (Lipinski definition) is 1. The molecule has 0 amide bonds. The molecule has 1 aliphatic heterocycles. The third-order valence-corrected chi connectivity index (χ3v) is 5.60. The molecule has 4 nitrogen and oxygen atoms in total. The minimum atomic E-state index is -0.549. The lowest BCUT2D eigenvalue weighted by atomic mass is 9.97. The minimum Gasteiger partial charge on any atom is -0.505 e. The fourth-order valence-corrected chi connectivity index (χ4v) is 4.14. The van der Waals surface area contributed by atoms with Crippen molar-refractivity contribution >= 4 is 0 Å². The highest BCUT2D eigenvalue weighted by molar-refractivity contribution is 5.55. The molecule has 2 heterocycles. The maximum Gasteiger partial charge on any atom is 0.165 e. The van der Waals surface area contributed by atoms with Gasteiger partial charge in [-0.15, -0.1) is 0 Å². The van der Waals surface area contributed by atoms with E-state index < -0.39 is 5.82 Å². The second-order valence-corrected chi connectivity index (χ2v) is 7.69. The average Bonchev–Trinajstić information content (AvgIpc) is 3.07. The molecule has 1 saturated heterocycles. The van der Waals surface area contributed by atoms with Crippen LogP contribution in [0.2, 0.25) is 0 Å². The van der Waals surface area contributed by atoms with Crippen LogP contribution < -0.4 is 0 Å². The molecule has 146 valence electrons. The summed E-state index contributed by atoms with van der Waals surface area (Å²) >= 11 is 0. The van der Waals surface area contributed by atoms with Crippen LogP contribution in [0.5, 0.6) is 5.75 Å². The van der Waals surface area contributed by atoms with Gasteiger partial charge in [0, 0.05) is 42.7 Å². The van der Waals surface area contributed by atoms with E-state index in [1.54, 1.807) is 12.1 Å². The van der Waals surface area contributed by atoms with Gasteiger partial charge in [-0.3, -0.25) is 4.90 Å².